The lowest BCUT2D eigenvalue weighted by Gasteiger charge is -2.20. The van der Waals surface area contributed by atoms with Crippen molar-refractivity contribution < 1.29 is 0 Å². The molecule has 0 bridgehead atoms. The van der Waals surface area contributed by atoms with Crippen LogP contribution in [0.3, 0.4) is 0 Å². The van der Waals surface area contributed by atoms with E-state index in [-0.39, 0.29) is 0 Å². The molecule has 1 aliphatic carbocycles. The van der Waals surface area contributed by atoms with Crippen molar-refractivity contribution in [2.45, 2.75) is 51.6 Å². The van der Waals surface area contributed by atoms with Crippen molar-refractivity contribution >= 4 is 0 Å². The SMILES string of the molecule is CCC(CC#N)NC1CCc2ccc(C)cc21. The normalized spacial score (nSPS) is 19.7. The van der Waals surface area contributed by atoms with Crippen LogP contribution in [0.2, 0.25) is 0 Å². The highest BCUT2D eigenvalue weighted by Gasteiger charge is 2.23. The standard InChI is InChI=1S/C15H20N2/c1-3-13(8-9-16)17-15-7-6-12-5-4-11(2)10-14(12)15/h4-5,10,13,15,17H,3,6-8H2,1-2H3. The average Bonchev–Trinajstić information content (AvgIpc) is 2.71. The van der Waals surface area contributed by atoms with Gasteiger partial charge in [0.05, 0.1) is 12.5 Å². The van der Waals surface area contributed by atoms with Crippen LogP contribution in [-0.4, -0.2) is 6.04 Å². The molecule has 0 amide bonds. The number of rotatable bonds is 4. The molecule has 2 heteroatoms. The predicted molar refractivity (Wildman–Crippen MR) is 69.7 cm³/mol. The van der Waals surface area contributed by atoms with E-state index < -0.39 is 0 Å². The number of fused-ring (bicyclic) bond motifs is 1. The maximum atomic E-state index is 8.79. The topological polar surface area (TPSA) is 35.8 Å². The van der Waals surface area contributed by atoms with Crippen molar-refractivity contribution in [1.29, 1.82) is 5.26 Å². The minimum absolute atomic E-state index is 0.330. The molecule has 0 aliphatic heterocycles. The third-order valence-electron chi connectivity index (χ3n) is 3.65. The van der Waals surface area contributed by atoms with E-state index in [0.717, 1.165) is 12.8 Å². The summed E-state index contributed by atoms with van der Waals surface area (Å²) in [5.74, 6) is 0. The van der Waals surface area contributed by atoms with Gasteiger partial charge in [-0.05, 0) is 37.3 Å². The highest BCUT2D eigenvalue weighted by Crippen LogP contribution is 2.32. The van der Waals surface area contributed by atoms with E-state index in [1.165, 1.54) is 23.1 Å². The maximum absolute atomic E-state index is 8.79. The highest BCUT2D eigenvalue weighted by atomic mass is 15.0. The molecule has 2 unspecified atom stereocenters. The second kappa shape index (κ2) is 5.33. The van der Waals surface area contributed by atoms with Crippen molar-refractivity contribution in [1.82, 2.24) is 5.32 Å². The van der Waals surface area contributed by atoms with Gasteiger partial charge >= 0.3 is 0 Å². The van der Waals surface area contributed by atoms with Crippen LogP contribution in [0.5, 0.6) is 0 Å². The molecule has 2 nitrogen and oxygen atoms in total. The molecular weight excluding hydrogens is 208 g/mol. The third kappa shape index (κ3) is 2.68. The molecule has 0 fully saturated rings. The molecule has 1 aromatic carbocycles. The number of hydrogen-bond acceptors (Lipinski definition) is 2. The Kier molecular flexibility index (Phi) is 3.81. The first-order valence-corrected chi connectivity index (χ1v) is 6.47. The van der Waals surface area contributed by atoms with Crippen molar-refractivity contribution in [3.8, 4) is 6.07 Å². The summed E-state index contributed by atoms with van der Waals surface area (Å²) in [6.45, 7) is 4.28. The Bertz CT molecular complexity index is 431. The summed E-state index contributed by atoms with van der Waals surface area (Å²) in [7, 11) is 0. The molecule has 2 rings (SSSR count). The summed E-state index contributed by atoms with van der Waals surface area (Å²) in [4.78, 5) is 0. The van der Waals surface area contributed by atoms with E-state index >= 15 is 0 Å². The van der Waals surface area contributed by atoms with E-state index in [1.54, 1.807) is 0 Å². The maximum Gasteiger partial charge on any atom is 0.0638 e. The monoisotopic (exact) mass is 228 g/mol. The van der Waals surface area contributed by atoms with Gasteiger partial charge in [0.1, 0.15) is 0 Å². The van der Waals surface area contributed by atoms with Crippen LogP contribution < -0.4 is 5.32 Å². The van der Waals surface area contributed by atoms with Crippen molar-refractivity contribution in [3.05, 3.63) is 34.9 Å². The van der Waals surface area contributed by atoms with Gasteiger partial charge in [-0.1, -0.05) is 30.7 Å². The number of nitrogens with zero attached hydrogens (tertiary/aromatic N) is 1. The molecule has 0 aromatic heterocycles. The minimum atomic E-state index is 0.330. The van der Waals surface area contributed by atoms with Gasteiger partial charge in [-0.15, -0.1) is 0 Å². The van der Waals surface area contributed by atoms with Crippen molar-refractivity contribution in [2.75, 3.05) is 0 Å². The van der Waals surface area contributed by atoms with Gasteiger partial charge < -0.3 is 5.32 Å². The first kappa shape index (κ1) is 12.1. The van der Waals surface area contributed by atoms with Gasteiger partial charge in [-0.3, -0.25) is 0 Å². The van der Waals surface area contributed by atoms with E-state index in [1.807, 2.05) is 0 Å². The molecule has 0 spiro atoms. The minimum Gasteiger partial charge on any atom is -0.306 e. The zero-order chi connectivity index (χ0) is 12.3. The number of benzene rings is 1. The largest absolute Gasteiger partial charge is 0.306 e. The fourth-order valence-corrected chi connectivity index (χ4v) is 2.61. The van der Waals surface area contributed by atoms with E-state index in [2.05, 4.69) is 43.4 Å². The molecular formula is C15H20N2. The summed E-state index contributed by atoms with van der Waals surface area (Å²) in [5, 5.41) is 12.4. The van der Waals surface area contributed by atoms with Crippen LogP contribution in [0.1, 0.15) is 48.9 Å². The zero-order valence-electron chi connectivity index (χ0n) is 10.7. The number of nitrogens with one attached hydrogen (secondary N) is 1. The van der Waals surface area contributed by atoms with Crippen LogP contribution in [0, 0.1) is 18.3 Å². The van der Waals surface area contributed by atoms with Crippen LogP contribution >= 0.6 is 0 Å². The molecule has 90 valence electrons. The lowest BCUT2D eigenvalue weighted by atomic mass is 10.0. The number of hydrogen-bond donors (Lipinski definition) is 1. The van der Waals surface area contributed by atoms with Crippen molar-refractivity contribution in [3.63, 3.8) is 0 Å². The average molecular weight is 228 g/mol. The zero-order valence-corrected chi connectivity index (χ0v) is 10.7. The summed E-state index contributed by atoms with van der Waals surface area (Å²) in [5.41, 5.74) is 4.24. The summed E-state index contributed by atoms with van der Waals surface area (Å²) >= 11 is 0. The molecule has 1 aliphatic rings. The van der Waals surface area contributed by atoms with Crippen LogP contribution in [0.25, 0.3) is 0 Å². The fourth-order valence-electron chi connectivity index (χ4n) is 2.61. The molecule has 2 atom stereocenters. The van der Waals surface area contributed by atoms with E-state index in [4.69, 9.17) is 5.26 Å². The second-order valence-corrected chi connectivity index (χ2v) is 4.93. The predicted octanol–water partition coefficient (Wildman–Crippen LogP) is 3.26. The Morgan fingerprint density at radius 3 is 3.06 bits per heavy atom. The first-order valence-electron chi connectivity index (χ1n) is 6.47. The highest BCUT2D eigenvalue weighted by molar-refractivity contribution is 5.37. The molecule has 0 heterocycles. The summed E-state index contributed by atoms with van der Waals surface area (Å²) < 4.78 is 0. The Labute approximate surface area is 104 Å². The lowest BCUT2D eigenvalue weighted by molar-refractivity contribution is 0.426. The molecule has 1 N–H and O–H groups in total. The van der Waals surface area contributed by atoms with Crippen molar-refractivity contribution in [2.24, 2.45) is 0 Å². The summed E-state index contributed by atoms with van der Waals surface area (Å²) in [6.07, 6.45) is 3.95. The number of aryl methyl sites for hydroxylation is 2. The van der Waals surface area contributed by atoms with Gasteiger partial charge in [-0.25, -0.2) is 0 Å². The van der Waals surface area contributed by atoms with Gasteiger partial charge in [-0.2, -0.15) is 5.26 Å². The lowest BCUT2D eigenvalue weighted by Crippen LogP contribution is -2.31. The second-order valence-electron chi connectivity index (χ2n) is 4.93. The fraction of sp³-hybridized carbons (Fsp3) is 0.533. The van der Waals surface area contributed by atoms with Gasteiger partial charge in [0.25, 0.3) is 0 Å². The molecule has 17 heavy (non-hydrogen) atoms. The quantitative estimate of drug-likeness (QED) is 0.858. The molecule has 1 aromatic rings. The Morgan fingerprint density at radius 1 is 1.53 bits per heavy atom. The van der Waals surface area contributed by atoms with Gasteiger partial charge in [0.15, 0.2) is 0 Å². The Hall–Kier alpha value is -1.33. The Balaban J connectivity index is 2.11. The summed E-state index contributed by atoms with van der Waals surface area (Å²) in [6, 6.07) is 9.77. The molecule has 0 saturated carbocycles. The first-order chi connectivity index (χ1) is 8.24. The van der Waals surface area contributed by atoms with Crippen LogP contribution in [-0.2, 0) is 6.42 Å². The van der Waals surface area contributed by atoms with E-state index in [0.29, 0.717) is 18.5 Å². The smallest absolute Gasteiger partial charge is 0.0638 e. The van der Waals surface area contributed by atoms with Gasteiger partial charge in [0, 0.05) is 12.1 Å². The molecule has 0 saturated heterocycles. The Morgan fingerprint density at radius 2 is 2.35 bits per heavy atom. The van der Waals surface area contributed by atoms with Crippen LogP contribution in [0.15, 0.2) is 18.2 Å². The molecule has 0 radical (unpaired) electrons. The van der Waals surface area contributed by atoms with E-state index in [9.17, 15) is 0 Å². The third-order valence-corrected chi connectivity index (χ3v) is 3.65. The number of nitriles is 1. The van der Waals surface area contributed by atoms with Crippen LogP contribution in [0.4, 0.5) is 0 Å². The van der Waals surface area contributed by atoms with Gasteiger partial charge in [0.2, 0.25) is 0 Å².